The van der Waals surface area contributed by atoms with Gasteiger partial charge >= 0.3 is 0 Å². The molecule has 6 heteroatoms. The van der Waals surface area contributed by atoms with Crippen molar-refractivity contribution in [3.05, 3.63) is 65.4 Å². The average Bonchev–Trinajstić information content (AvgIpc) is 3.40. The molecule has 2 heterocycles. The third-order valence-electron chi connectivity index (χ3n) is 6.03. The number of rotatable bonds is 7. The molecule has 0 radical (unpaired) electrons. The van der Waals surface area contributed by atoms with Gasteiger partial charge < -0.3 is 4.42 Å². The van der Waals surface area contributed by atoms with Crippen molar-refractivity contribution in [2.24, 2.45) is 0 Å². The first kappa shape index (κ1) is 20.8. The first-order chi connectivity index (χ1) is 14.5. The maximum Gasteiger partial charge on any atom is 0.165 e. The predicted octanol–water partition coefficient (Wildman–Crippen LogP) is 5.27. The molecule has 0 N–H and O–H groups in total. The van der Waals surface area contributed by atoms with Gasteiger partial charge in [0.15, 0.2) is 5.82 Å². The Morgan fingerprint density at radius 3 is 2.43 bits per heavy atom. The van der Waals surface area contributed by atoms with E-state index in [1.807, 2.05) is 12.1 Å². The number of hydrogen-bond acceptors (Lipinski definition) is 5. The first-order valence-corrected chi connectivity index (χ1v) is 11.1. The summed E-state index contributed by atoms with van der Waals surface area (Å²) >= 11 is 0. The highest BCUT2D eigenvalue weighted by atomic mass is 16.3. The van der Waals surface area contributed by atoms with Crippen molar-refractivity contribution in [2.75, 3.05) is 0 Å². The van der Waals surface area contributed by atoms with Crippen LogP contribution in [-0.2, 0) is 25.0 Å². The summed E-state index contributed by atoms with van der Waals surface area (Å²) in [6.07, 6.45) is 7.93. The van der Waals surface area contributed by atoms with E-state index < -0.39 is 0 Å². The Morgan fingerprint density at radius 1 is 1.00 bits per heavy atom. The molecule has 6 nitrogen and oxygen atoms in total. The SMILES string of the molecule is CC(C)(C)c1ccc(CN(Cc2ccco2)Cc2nnnn2C2CCCCC2)cc1. The van der Waals surface area contributed by atoms with Gasteiger partial charge in [-0.25, -0.2) is 4.68 Å². The van der Waals surface area contributed by atoms with Gasteiger partial charge in [0.1, 0.15) is 5.76 Å². The fraction of sp³-hybridized carbons (Fsp3) is 0.542. The van der Waals surface area contributed by atoms with Gasteiger partial charge in [0.25, 0.3) is 0 Å². The van der Waals surface area contributed by atoms with Crippen molar-refractivity contribution < 1.29 is 4.42 Å². The highest BCUT2D eigenvalue weighted by molar-refractivity contribution is 5.27. The summed E-state index contributed by atoms with van der Waals surface area (Å²) in [5.74, 6) is 1.90. The van der Waals surface area contributed by atoms with Gasteiger partial charge in [-0.05, 0) is 51.9 Å². The molecule has 30 heavy (non-hydrogen) atoms. The van der Waals surface area contributed by atoms with E-state index in [1.54, 1.807) is 6.26 Å². The molecule has 4 rings (SSSR count). The van der Waals surface area contributed by atoms with E-state index in [0.29, 0.717) is 12.6 Å². The van der Waals surface area contributed by atoms with Crippen molar-refractivity contribution in [3.8, 4) is 0 Å². The molecule has 0 unspecified atom stereocenters. The molecule has 0 spiro atoms. The molecule has 1 aliphatic rings. The third kappa shape index (κ3) is 5.17. The summed E-state index contributed by atoms with van der Waals surface area (Å²) in [5.41, 5.74) is 2.80. The maximum absolute atomic E-state index is 5.63. The smallest absolute Gasteiger partial charge is 0.165 e. The van der Waals surface area contributed by atoms with Crippen molar-refractivity contribution in [3.63, 3.8) is 0 Å². The number of aromatic nitrogens is 4. The Kier molecular flexibility index (Phi) is 6.32. The van der Waals surface area contributed by atoms with E-state index in [-0.39, 0.29) is 5.41 Å². The molecule has 0 saturated heterocycles. The number of tetrazole rings is 1. The van der Waals surface area contributed by atoms with Crippen LogP contribution in [0.15, 0.2) is 47.1 Å². The summed E-state index contributed by atoms with van der Waals surface area (Å²) in [7, 11) is 0. The van der Waals surface area contributed by atoms with Crippen LogP contribution in [0.5, 0.6) is 0 Å². The second-order valence-electron chi connectivity index (χ2n) is 9.50. The Morgan fingerprint density at radius 2 is 1.77 bits per heavy atom. The van der Waals surface area contributed by atoms with E-state index in [1.165, 1.54) is 43.2 Å². The zero-order chi connectivity index (χ0) is 21.0. The van der Waals surface area contributed by atoms with Gasteiger partial charge in [-0.3, -0.25) is 4.90 Å². The van der Waals surface area contributed by atoms with E-state index in [4.69, 9.17) is 4.42 Å². The monoisotopic (exact) mass is 407 g/mol. The molecule has 1 saturated carbocycles. The van der Waals surface area contributed by atoms with Crippen molar-refractivity contribution in [1.82, 2.24) is 25.1 Å². The fourth-order valence-corrected chi connectivity index (χ4v) is 4.28. The Bertz CT molecular complexity index is 902. The van der Waals surface area contributed by atoms with Crippen LogP contribution in [0.1, 0.15) is 81.6 Å². The minimum atomic E-state index is 0.161. The molecule has 3 aromatic rings. The lowest BCUT2D eigenvalue weighted by Crippen LogP contribution is -2.26. The summed E-state index contributed by atoms with van der Waals surface area (Å²) in [5, 5.41) is 12.7. The average molecular weight is 408 g/mol. The van der Waals surface area contributed by atoms with Gasteiger partial charge in [-0.15, -0.1) is 5.10 Å². The molecule has 0 atom stereocenters. The second kappa shape index (κ2) is 9.13. The van der Waals surface area contributed by atoms with Crippen molar-refractivity contribution in [1.29, 1.82) is 0 Å². The summed E-state index contributed by atoms with van der Waals surface area (Å²) in [6.45, 7) is 8.99. The number of furan rings is 1. The minimum absolute atomic E-state index is 0.161. The number of nitrogens with zero attached hydrogens (tertiary/aromatic N) is 5. The molecule has 160 valence electrons. The van der Waals surface area contributed by atoms with Gasteiger partial charge in [-0.1, -0.05) is 64.3 Å². The quantitative estimate of drug-likeness (QED) is 0.534. The lowest BCUT2D eigenvalue weighted by molar-refractivity contribution is 0.210. The lowest BCUT2D eigenvalue weighted by Gasteiger charge is -2.25. The molecule has 1 aliphatic carbocycles. The van der Waals surface area contributed by atoms with Gasteiger partial charge in [-0.2, -0.15) is 0 Å². The number of benzene rings is 1. The Balaban J connectivity index is 1.51. The molecule has 2 aromatic heterocycles. The van der Waals surface area contributed by atoms with Crippen LogP contribution >= 0.6 is 0 Å². The lowest BCUT2D eigenvalue weighted by atomic mass is 9.87. The van der Waals surface area contributed by atoms with E-state index in [9.17, 15) is 0 Å². The fourth-order valence-electron chi connectivity index (χ4n) is 4.28. The van der Waals surface area contributed by atoms with E-state index >= 15 is 0 Å². The van der Waals surface area contributed by atoms with E-state index in [0.717, 1.165) is 24.7 Å². The maximum atomic E-state index is 5.63. The molecule has 0 aliphatic heterocycles. The molecule has 0 bridgehead atoms. The Labute approximate surface area is 179 Å². The largest absolute Gasteiger partial charge is 0.468 e. The topological polar surface area (TPSA) is 60.0 Å². The van der Waals surface area contributed by atoms with Crippen molar-refractivity contribution in [2.45, 2.75) is 84.0 Å². The summed E-state index contributed by atoms with van der Waals surface area (Å²) in [4.78, 5) is 2.36. The van der Waals surface area contributed by atoms with E-state index in [2.05, 4.69) is 70.1 Å². The highest BCUT2D eigenvalue weighted by Crippen LogP contribution is 2.28. The zero-order valence-corrected chi connectivity index (χ0v) is 18.4. The molecular formula is C24H33N5O. The highest BCUT2D eigenvalue weighted by Gasteiger charge is 2.22. The molecule has 0 amide bonds. The molecular weight excluding hydrogens is 374 g/mol. The van der Waals surface area contributed by atoms with Crippen LogP contribution in [0.2, 0.25) is 0 Å². The zero-order valence-electron chi connectivity index (χ0n) is 18.4. The standard InChI is InChI=1S/C24H33N5O/c1-24(2,3)20-13-11-19(12-14-20)16-28(17-22-10-7-15-30-22)18-23-25-26-27-29(23)21-8-5-4-6-9-21/h7,10-15,21H,4-6,8-9,16-18H2,1-3H3. The third-order valence-corrected chi connectivity index (χ3v) is 6.03. The molecule has 1 aromatic carbocycles. The van der Waals surface area contributed by atoms with Gasteiger partial charge in [0.05, 0.1) is 25.4 Å². The minimum Gasteiger partial charge on any atom is -0.468 e. The Hall–Kier alpha value is -2.47. The van der Waals surface area contributed by atoms with Gasteiger partial charge in [0, 0.05) is 6.54 Å². The predicted molar refractivity (Wildman–Crippen MR) is 117 cm³/mol. The number of hydrogen-bond donors (Lipinski definition) is 0. The van der Waals surface area contributed by atoms with Crippen LogP contribution in [0.4, 0.5) is 0 Å². The van der Waals surface area contributed by atoms with Crippen LogP contribution in [0.25, 0.3) is 0 Å². The van der Waals surface area contributed by atoms with Gasteiger partial charge in [0.2, 0.25) is 0 Å². The van der Waals surface area contributed by atoms with Crippen molar-refractivity contribution >= 4 is 0 Å². The molecule has 1 fully saturated rings. The summed E-state index contributed by atoms with van der Waals surface area (Å²) in [6, 6.07) is 13.4. The van der Waals surface area contributed by atoms with Crippen LogP contribution in [-0.4, -0.2) is 25.1 Å². The van der Waals surface area contributed by atoms with Crippen LogP contribution < -0.4 is 0 Å². The summed E-state index contributed by atoms with van der Waals surface area (Å²) < 4.78 is 7.70. The first-order valence-electron chi connectivity index (χ1n) is 11.1. The second-order valence-corrected chi connectivity index (χ2v) is 9.50. The normalized spacial score (nSPS) is 15.7. The van der Waals surface area contributed by atoms with Crippen LogP contribution in [0, 0.1) is 0 Å². The van der Waals surface area contributed by atoms with Crippen LogP contribution in [0.3, 0.4) is 0 Å².